The predicted molar refractivity (Wildman–Crippen MR) is 155 cm³/mol. The Hall–Kier alpha value is -2.85. The Morgan fingerprint density at radius 2 is 1.49 bits per heavy atom. The molecule has 0 aliphatic carbocycles. The number of ether oxygens (including phenoxy) is 1. The Morgan fingerprint density at radius 1 is 0.865 bits per heavy atom. The summed E-state index contributed by atoms with van der Waals surface area (Å²) in [6, 6.07) is 27.1. The summed E-state index contributed by atoms with van der Waals surface area (Å²) in [5.41, 5.74) is 2.32. The molecular formula is C28H24Br2N2O4S. The molecule has 9 heteroatoms. The zero-order valence-electron chi connectivity index (χ0n) is 19.9. The van der Waals surface area contributed by atoms with E-state index in [0.29, 0.717) is 11.4 Å². The van der Waals surface area contributed by atoms with Crippen LogP contribution in [0.4, 0.5) is 5.69 Å². The normalized spacial score (nSPS) is 12.6. The number of sulfonamides is 1. The van der Waals surface area contributed by atoms with Gasteiger partial charge in [0.25, 0.3) is 10.0 Å². The van der Waals surface area contributed by atoms with Gasteiger partial charge in [-0.25, -0.2) is 8.42 Å². The van der Waals surface area contributed by atoms with Gasteiger partial charge in [-0.05, 0) is 60.7 Å². The number of nitrogens with zero attached hydrogens (tertiary/aromatic N) is 2. The number of methoxy groups -OCH3 is 1. The van der Waals surface area contributed by atoms with Crippen LogP contribution < -0.4 is 9.04 Å². The highest BCUT2D eigenvalue weighted by atomic mass is 79.9. The van der Waals surface area contributed by atoms with Gasteiger partial charge in [-0.1, -0.05) is 56.1 Å². The Bertz CT molecular complexity index is 1630. The van der Waals surface area contributed by atoms with Crippen molar-refractivity contribution in [3.63, 3.8) is 0 Å². The molecular weight excluding hydrogens is 620 g/mol. The Morgan fingerprint density at radius 3 is 2.08 bits per heavy atom. The number of aliphatic hydroxyl groups excluding tert-OH is 1. The monoisotopic (exact) mass is 642 g/mol. The molecule has 0 bridgehead atoms. The summed E-state index contributed by atoms with van der Waals surface area (Å²) in [4.78, 5) is 0.150. The highest BCUT2D eigenvalue weighted by molar-refractivity contribution is 9.10. The van der Waals surface area contributed by atoms with Gasteiger partial charge in [0.15, 0.2) is 0 Å². The van der Waals surface area contributed by atoms with E-state index in [1.165, 1.54) is 11.4 Å². The fourth-order valence-corrected chi connectivity index (χ4v) is 6.77. The molecule has 0 aliphatic rings. The van der Waals surface area contributed by atoms with E-state index in [9.17, 15) is 13.5 Å². The minimum absolute atomic E-state index is 0.140. The first kappa shape index (κ1) is 25.8. The van der Waals surface area contributed by atoms with Crippen LogP contribution >= 0.6 is 31.9 Å². The molecule has 1 unspecified atom stereocenters. The lowest BCUT2D eigenvalue weighted by molar-refractivity contribution is 0.166. The lowest BCUT2D eigenvalue weighted by Crippen LogP contribution is -2.39. The molecule has 5 rings (SSSR count). The summed E-state index contributed by atoms with van der Waals surface area (Å²) in [6.45, 7) is 0.0622. The van der Waals surface area contributed by atoms with Crippen molar-refractivity contribution in [2.24, 2.45) is 0 Å². The lowest BCUT2D eigenvalue weighted by Gasteiger charge is -2.27. The summed E-state index contributed by atoms with van der Waals surface area (Å²) in [5.74, 6) is 0.527. The SMILES string of the molecule is COc1cccc(N(CC(O)Cn2c3ccc(Br)cc3c3cc(Br)ccc32)S(=O)(=O)c2ccccc2)c1. The molecule has 0 saturated carbocycles. The zero-order valence-corrected chi connectivity index (χ0v) is 23.9. The minimum Gasteiger partial charge on any atom is -0.497 e. The number of aliphatic hydroxyl groups is 1. The van der Waals surface area contributed by atoms with E-state index in [1.807, 2.05) is 28.8 Å². The standard InChI is InChI=1S/C28H24Br2N2O4S/c1-36-23-7-5-6-21(16-23)32(37(34,35)24-8-3-2-4-9-24)18-22(33)17-31-27-12-10-19(29)14-25(27)26-15-20(30)11-13-28(26)31/h2-16,22,33H,17-18H2,1H3. The average Bonchev–Trinajstić information content (AvgIpc) is 3.19. The highest BCUT2D eigenvalue weighted by Gasteiger charge is 2.28. The minimum atomic E-state index is -3.95. The third-order valence-corrected chi connectivity index (χ3v) is 9.03. The van der Waals surface area contributed by atoms with Crippen molar-refractivity contribution in [2.45, 2.75) is 17.5 Å². The van der Waals surface area contributed by atoms with Crippen LogP contribution in [-0.4, -0.2) is 37.8 Å². The smallest absolute Gasteiger partial charge is 0.264 e. The number of fused-ring (bicyclic) bond motifs is 3. The molecule has 6 nitrogen and oxygen atoms in total. The van der Waals surface area contributed by atoms with Crippen molar-refractivity contribution in [2.75, 3.05) is 18.0 Å². The average molecular weight is 644 g/mol. The van der Waals surface area contributed by atoms with E-state index in [0.717, 1.165) is 30.8 Å². The molecule has 0 saturated heterocycles. The first-order valence-electron chi connectivity index (χ1n) is 11.5. The van der Waals surface area contributed by atoms with Crippen molar-refractivity contribution in [3.8, 4) is 5.75 Å². The lowest BCUT2D eigenvalue weighted by atomic mass is 10.2. The quantitative estimate of drug-likeness (QED) is 0.207. The summed E-state index contributed by atoms with van der Waals surface area (Å²) in [5, 5.41) is 13.4. The topological polar surface area (TPSA) is 71.8 Å². The van der Waals surface area contributed by atoms with Gasteiger partial charge in [-0.15, -0.1) is 0 Å². The number of benzene rings is 4. The van der Waals surface area contributed by atoms with E-state index < -0.39 is 16.1 Å². The molecule has 190 valence electrons. The van der Waals surface area contributed by atoms with Crippen molar-refractivity contribution < 1.29 is 18.3 Å². The van der Waals surface area contributed by atoms with Crippen LogP contribution in [0.25, 0.3) is 21.8 Å². The second-order valence-electron chi connectivity index (χ2n) is 8.64. The van der Waals surface area contributed by atoms with Gasteiger partial charge in [-0.2, -0.15) is 0 Å². The molecule has 5 aromatic rings. The molecule has 1 N–H and O–H groups in total. The largest absolute Gasteiger partial charge is 0.497 e. The van der Waals surface area contributed by atoms with Crippen LogP contribution in [-0.2, 0) is 16.6 Å². The fourth-order valence-electron chi connectivity index (χ4n) is 4.53. The fraction of sp³-hybridized carbons (Fsp3) is 0.143. The van der Waals surface area contributed by atoms with Gasteiger partial charge in [-0.3, -0.25) is 4.31 Å². The molecule has 0 radical (unpaired) electrons. The highest BCUT2D eigenvalue weighted by Crippen LogP contribution is 2.34. The number of hydrogen-bond donors (Lipinski definition) is 1. The maximum absolute atomic E-state index is 13.7. The van der Waals surface area contributed by atoms with Crippen LogP contribution in [0.2, 0.25) is 0 Å². The summed E-state index contributed by atoms with van der Waals surface area (Å²) in [6.07, 6.45) is -1.00. The van der Waals surface area contributed by atoms with Crippen molar-refractivity contribution in [1.82, 2.24) is 4.57 Å². The Balaban J connectivity index is 1.55. The van der Waals surface area contributed by atoms with Crippen LogP contribution in [0.5, 0.6) is 5.75 Å². The van der Waals surface area contributed by atoms with Crippen molar-refractivity contribution >= 4 is 69.4 Å². The molecule has 0 amide bonds. The van der Waals surface area contributed by atoms with Gasteiger partial charge in [0.05, 0.1) is 36.9 Å². The summed E-state index contributed by atoms with van der Waals surface area (Å²) < 4.78 is 38.0. The number of hydrogen-bond acceptors (Lipinski definition) is 4. The molecule has 37 heavy (non-hydrogen) atoms. The van der Waals surface area contributed by atoms with Crippen molar-refractivity contribution in [3.05, 3.63) is 99.9 Å². The van der Waals surface area contributed by atoms with Gasteiger partial charge < -0.3 is 14.4 Å². The van der Waals surface area contributed by atoms with Gasteiger partial charge in [0, 0.05) is 36.8 Å². The van der Waals surface area contributed by atoms with E-state index in [2.05, 4.69) is 44.0 Å². The second kappa shape index (κ2) is 10.5. The third-order valence-electron chi connectivity index (χ3n) is 6.23. The number of rotatable bonds is 8. The van der Waals surface area contributed by atoms with E-state index >= 15 is 0 Å². The first-order valence-corrected chi connectivity index (χ1v) is 14.6. The number of aromatic nitrogens is 1. The maximum Gasteiger partial charge on any atom is 0.264 e. The van der Waals surface area contributed by atoms with Crippen LogP contribution in [0.15, 0.2) is 105 Å². The van der Waals surface area contributed by atoms with Gasteiger partial charge in [0.2, 0.25) is 0 Å². The molecule has 0 aliphatic heterocycles. The Kier molecular flexibility index (Phi) is 7.31. The van der Waals surface area contributed by atoms with Gasteiger partial charge in [0.1, 0.15) is 5.75 Å². The van der Waals surface area contributed by atoms with Gasteiger partial charge >= 0.3 is 0 Å². The molecule has 0 spiro atoms. The first-order chi connectivity index (χ1) is 17.8. The molecule has 1 atom stereocenters. The molecule has 0 fully saturated rings. The van der Waals surface area contributed by atoms with Crippen LogP contribution in [0.3, 0.4) is 0 Å². The van der Waals surface area contributed by atoms with E-state index in [1.54, 1.807) is 54.6 Å². The maximum atomic E-state index is 13.7. The summed E-state index contributed by atoms with van der Waals surface area (Å²) in [7, 11) is -2.42. The zero-order chi connectivity index (χ0) is 26.2. The molecule has 1 aromatic heterocycles. The molecule has 4 aromatic carbocycles. The predicted octanol–water partition coefficient (Wildman–Crippen LogP) is 6.58. The van der Waals surface area contributed by atoms with Crippen LogP contribution in [0.1, 0.15) is 0 Å². The van der Waals surface area contributed by atoms with Crippen LogP contribution in [0, 0.1) is 0 Å². The number of halogens is 2. The van der Waals surface area contributed by atoms with E-state index in [4.69, 9.17) is 4.74 Å². The molecule has 1 heterocycles. The van der Waals surface area contributed by atoms with E-state index in [-0.39, 0.29) is 18.0 Å². The third kappa shape index (κ3) is 5.13. The second-order valence-corrected chi connectivity index (χ2v) is 12.3. The number of anilines is 1. The summed E-state index contributed by atoms with van der Waals surface area (Å²) >= 11 is 7.11. The Labute approximate surface area is 232 Å². The van der Waals surface area contributed by atoms with Crippen molar-refractivity contribution in [1.29, 1.82) is 0 Å².